The number of allylic oxidation sites excluding steroid dienone is 1. The van der Waals surface area contributed by atoms with E-state index in [9.17, 15) is 0 Å². The molecule has 2 aliphatic rings. The van der Waals surface area contributed by atoms with Gasteiger partial charge >= 0.3 is 0 Å². The first kappa shape index (κ1) is 8.32. The van der Waals surface area contributed by atoms with E-state index in [1.54, 1.807) is 17.0 Å². The van der Waals surface area contributed by atoms with Gasteiger partial charge in [0.05, 0.1) is 20.9 Å². The molecule has 70 valence electrons. The van der Waals surface area contributed by atoms with Crippen molar-refractivity contribution in [3.05, 3.63) is 42.0 Å². The molecular formula is C10H7NOS2. The van der Waals surface area contributed by atoms with Gasteiger partial charge in [-0.1, -0.05) is 35.5 Å². The van der Waals surface area contributed by atoms with Gasteiger partial charge in [0.1, 0.15) is 0 Å². The number of benzene rings is 1. The van der Waals surface area contributed by atoms with Crippen LogP contribution in [-0.4, -0.2) is 11.1 Å². The van der Waals surface area contributed by atoms with Gasteiger partial charge < -0.3 is 4.28 Å². The standard InChI is InChI=1S/C10H7NOS2/c1-2-4-8(5-3-1)10-6-9-7-11-12-14(9)13-10/h1-7H. The second kappa shape index (κ2) is 3.29. The highest BCUT2D eigenvalue weighted by Gasteiger charge is 2.21. The van der Waals surface area contributed by atoms with Gasteiger partial charge in [-0.25, -0.2) is 0 Å². The number of hydrogen-bond donors (Lipinski definition) is 0. The van der Waals surface area contributed by atoms with Crippen LogP contribution < -0.4 is 0 Å². The fraction of sp³-hybridized carbons (Fsp3) is 0. The average Bonchev–Trinajstić information content (AvgIpc) is 2.78. The summed E-state index contributed by atoms with van der Waals surface area (Å²) in [5.41, 5.74) is 1.25. The normalized spacial score (nSPS) is 23.3. The zero-order chi connectivity index (χ0) is 9.38. The molecule has 1 aromatic rings. The molecule has 2 heterocycles. The highest BCUT2D eigenvalue weighted by Crippen LogP contribution is 2.50. The zero-order valence-corrected chi connectivity index (χ0v) is 8.85. The molecule has 0 saturated heterocycles. The zero-order valence-electron chi connectivity index (χ0n) is 7.21. The predicted octanol–water partition coefficient (Wildman–Crippen LogP) is 3.06. The molecular weight excluding hydrogens is 214 g/mol. The van der Waals surface area contributed by atoms with Crippen molar-refractivity contribution in [1.82, 2.24) is 0 Å². The van der Waals surface area contributed by atoms with Gasteiger partial charge in [0.25, 0.3) is 0 Å². The molecule has 1 atom stereocenters. The van der Waals surface area contributed by atoms with E-state index in [-0.39, 0.29) is 9.80 Å². The minimum absolute atomic E-state index is 0.180. The quantitative estimate of drug-likeness (QED) is 0.537. The van der Waals surface area contributed by atoms with Gasteiger partial charge in [-0.15, -0.1) is 0 Å². The summed E-state index contributed by atoms with van der Waals surface area (Å²) >= 11 is 0. The molecule has 0 bridgehead atoms. The van der Waals surface area contributed by atoms with Crippen LogP contribution in [0.4, 0.5) is 0 Å². The molecule has 0 amide bonds. The van der Waals surface area contributed by atoms with Crippen LogP contribution in [0.2, 0.25) is 0 Å². The van der Waals surface area contributed by atoms with Crippen LogP contribution in [-0.2, 0) is 4.28 Å². The van der Waals surface area contributed by atoms with Crippen LogP contribution in [0, 0.1) is 0 Å². The first-order valence-electron chi connectivity index (χ1n) is 4.21. The lowest BCUT2D eigenvalue weighted by Gasteiger charge is -2.01. The number of rotatable bonds is 1. The molecule has 0 aromatic heterocycles. The van der Waals surface area contributed by atoms with Crippen molar-refractivity contribution in [3.63, 3.8) is 0 Å². The van der Waals surface area contributed by atoms with Gasteiger partial charge in [0.2, 0.25) is 0 Å². The van der Waals surface area contributed by atoms with Crippen molar-refractivity contribution in [3.8, 4) is 0 Å². The van der Waals surface area contributed by atoms with Crippen molar-refractivity contribution in [2.24, 2.45) is 5.16 Å². The van der Waals surface area contributed by atoms with Crippen LogP contribution in [0.5, 0.6) is 0 Å². The Hall–Kier alpha value is -1.00. The molecule has 1 aromatic carbocycles. The molecule has 1 unspecified atom stereocenters. The smallest absolute Gasteiger partial charge is 0.0980 e. The molecule has 14 heavy (non-hydrogen) atoms. The molecule has 0 radical (unpaired) electrons. The molecule has 4 heteroatoms. The van der Waals surface area contributed by atoms with Crippen molar-refractivity contribution in [2.45, 2.75) is 0 Å². The fourth-order valence-corrected chi connectivity index (χ4v) is 4.32. The first-order valence-corrected chi connectivity index (χ1v) is 6.69. The van der Waals surface area contributed by atoms with E-state index in [0.717, 1.165) is 0 Å². The SMILES string of the molecule is C1=NOS2=C1C=C(c1ccccc1)S2. The number of oxime groups is 1. The van der Waals surface area contributed by atoms with Gasteiger partial charge in [-0.05, 0) is 22.4 Å². The fourth-order valence-electron chi connectivity index (χ4n) is 1.32. The summed E-state index contributed by atoms with van der Waals surface area (Å²) in [4.78, 5) is 2.46. The van der Waals surface area contributed by atoms with E-state index in [1.165, 1.54) is 15.3 Å². The Morgan fingerprint density at radius 1 is 1.21 bits per heavy atom. The third kappa shape index (κ3) is 1.31. The Morgan fingerprint density at radius 2 is 2.07 bits per heavy atom. The third-order valence-electron chi connectivity index (χ3n) is 1.98. The maximum absolute atomic E-state index is 5.20. The van der Waals surface area contributed by atoms with Crippen molar-refractivity contribution in [2.75, 3.05) is 0 Å². The Kier molecular flexibility index (Phi) is 1.96. The lowest BCUT2D eigenvalue weighted by molar-refractivity contribution is 0.417. The van der Waals surface area contributed by atoms with E-state index in [1.807, 2.05) is 18.2 Å². The lowest BCUT2D eigenvalue weighted by Crippen LogP contribution is -1.86. The molecule has 0 N–H and O–H groups in total. The maximum atomic E-state index is 5.20. The molecule has 3 rings (SSSR count). The van der Waals surface area contributed by atoms with E-state index in [0.29, 0.717) is 0 Å². The lowest BCUT2D eigenvalue weighted by atomic mass is 10.2. The molecule has 2 aliphatic heterocycles. The van der Waals surface area contributed by atoms with E-state index in [4.69, 9.17) is 4.28 Å². The van der Waals surface area contributed by atoms with Crippen molar-refractivity contribution in [1.29, 1.82) is 0 Å². The van der Waals surface area contributed by atoms with Gasteiger partial charge in [0, 0.05) is 4.91 Å². The van der Waals surface area contributed by atoms with Gasteiger partial charge in [-0.3, -0.25) is 0 Å². The number of hydrogen-bond acceptors (Lipinski definition) is 3. The first-order chi connectivity index (χ1) is 6.93. The summed E-state index contributed by atoms with van der Waals surface area (Å²) in [5, 5.41) is 3.78. The maximum Gasteiger partial charge on any atom is 0.0980 e. The molecule has 2 nitrogen and oxygen atoms in total. The summed E-state index contributed by atoms with van der Waals surface area (Å²) in [5.74, 6) is 0. The van der Waals surface area contributed by atoms with E-state index < -0.39 is 0 Å². The Morgan fingerprint density at radius 3 is 2.86 bits per heavy atom. The second-order valence-corrected chi connectivity index (χ2v) is 6.01. The second-order valence-electron chi connectivity index (χ2n) is 2.90. The van der Waals surface area contributed by atoms with Gasteiger partial charge in [-0.2, -0.15) is 0 Å². The van der Waals surface area contributed by atoms with E-state index in [2.05, 4.69) is 23.4 Å². The van der Waals surface area contributed by atoms with Crippen LogP contribution in [0.25, 0.3) is 4.91 Å². The monoisotopic (exact) mass is 221 g/mol. The Labute approximate surface area is 88.2 Å². The largest absolute Gasteiger partial charge is 0.319 e. The third-order valence-corrected chi connectivity index (χ3v) is 5.25. The Balaban J connectivity index is 1.95. The summed E-state index contributed by atoms with van der Waals surface area (Å²) in [6.45, 7) is 0. The predicted molar refractivity (Wildman–Crippen MR) is 64.2 cm³/mol. The van der Waals surface area contributed by atoms with Gasteiger partial charge in [0.15, 0.2) is 0 Å². The minimum atomic E-state index is -0.180. The number of nitrogens with zero attached hydrogens (tertiary/aromatic N) is 1. The highest BCUT2D eigenvalue weighted by molar-refractivity contribution is 8.86. The van der Waals surface area contributed by atoms with E-state index >= 15 is 0 Å². The van der Waals surface area contributed by atoms with Crippen molar-refractivity contribution >= 4 is 36.6 Å². The summed E-state index contributed by atoms with van der Waals surface area (Å²) in [6.07, 6.45) is 3.95. The molecule has 0 saturated carbocycles. The Bertz CT molecular complexity index is 462. The van der Waals surface area contributed by atoms with Crippen LogP contribution in [0.15, 0.2) is 41.6 Å². The summed E-state index contributed by atoms with van der Waals surface area (Å²) in [6, 6.07) is 10.4. The molecule has 0 spiro atoms. The molecule has 0 aliphatic carbocycles. The summed E-state index contributed by atoms with van der Waals surface area (Å²) < 4.78 is 5.20. The van der Waals surface area contributed by atoms with Crippen LogP contribution >= 0.6 is 20.6 Å². The summed E-state index contributed by atoms with van der Waals surface area (Å²) in [7, 11) is 1.56. The topological polar surface area (TPSA) is 21.6 Å². The van der Waals surface area contributed by atoms with Crippen molar-refractivity contribution < 1.29 is 4.28 Å². The molecule has 0 fully saturated rings. The van der Waals surface area contributed by atoms with Crippen LogP contribution in [0.3, 0.4) is 0 Å². The highest BCUT2D eigenvalue weighted by atomic mass is 33.1. The average molecular weight is 221 g/mol. The minimum Gasteiger partial charge on any atom is -0.319 e. The van der Waals surface area contributed by atoms with Crippen LogP contribution in [0.1, 0.15) is 5.56 Å².